The molecule has 1 saturated carbocycles. The molecule has 1 aliphatic heterocycles. The third-order valence-corrected chi connectivity index (χ3v) is 4.47. The maximum atomic E-state index is 13.4. The van der Waals surface area contributed by atoms with Gasteiger partial charge in [0.1, 0.15) is 17.2 Å². The first-order valence-electron chi connectivity index (χ1n) is 6.89. The Bertz CT molecular complexity index is 469. The highest BCUT2D eigenvalue weighted by atomic mass is 19.1. The summed E-state index contributed by atoms with van der Waals surface area (Å²) in [4.78, 5) is 0. The number of benzene rings is 1. The second-order valence-electron chi connectivity index (χ2n) is 5.71. The van der Waals surface area contributed by atoms with Crippen LogP contribution in [0.1, 0.15) is 43.7 Å². The number of hydrogen-bond acceptors (Lipinski definition) is 3. The van der Waals surface area contributed by atoms with Crippen molar-refractivity contribution in [2.75, 3.05) is 7.11 Å². The van der Waals surface area contributed by atoms with Gasteiger partial charge in [-0.2, -0.15) is 0 Å². The van der Waals surface area contributed by atoms with Crippen LogP contribution in [-0.2, 0) is 4.74 Å². The Labute approximate surface area is 112 Å². The van der Waals surface area contributed by atoms with Crippen molar-refractivity contribution >= 4 is 0 Å². The summed E-state index contributed by atoms with van der Waals surface area (Å²) in [6.07, 6.45) is 4.94. The zero-order valence-electron chi connectivity index (χ0n) is 11.2. The Kier molecular flexibility index (Phi) is 3.23. The molecule has 3 nitrogen and oxygen atoms in total. The Balaban J connectivity index is 1.84. The summed E-state index contributed by atoms with van der Waals surface area (Å²) < 4.78 is 24.9. The van der Waals surface area contributed by atoms with Crippen molar-refractivity contribution in [2.24, 2.45) is 5.73 Å². The largest absolute Gasteiger partial charge is 0.487 e. The fourth-order valence-electron chi connectivity index (χ4n) is 3.35. The van der Waals surface area contributed by atoms with Crippen molar-refractivity contribution < 1.29 is 13.9 Å². The molecule has 0 amide bonds. The van der Waals surface area contributed by atoms with E-state index in [2.05, 4.69) is 0 Å². The number of hydrogen-bond donors (Lipinski definition) is 1. The molecule has 4 heteroatoms. The van der Waals surface area contributed by atoms with Crippen LogP contribution in [0.3, 0.4) is 0 Å². The summed E-state index contributed by atoms with van der Waals surface area (Å²) in [6.45, 7) is 0. The maximum Gasteiger partial charge on any atom is 0.127 e. The summed E-state index contributed by atoms with van der Waals surface area (Å²) in [5, 5.41) is 0. The van der Waals surface area contributed by atoms with Crippen LogP contribution in [-0.4, -0.2) is 18.8 Å². The standard InChI is InChI=1S/C15H20FNO2/c1-18-11-4-6-15(7-5-11)9-13(17)12-3-2-10(16)8-14(12)19-15/h2-3,8,11,13H,4-7,9,17H2,1H3/t11?,13-,15?/m1/s1. The number of halogens is 1. The van der Waals surface area contributed by atoms with Crippen LogP contribution in [0.2, 0.25) is 0 Å². The first kappa shape index (κ1) is 12.9. The van der Waals surface area contributed by atoms with Crippen LogP contribution in [0, 0.1) is 5.82 Å². The predicted octanol–water partition coefficient (Wildman–Crippen LogP) is 2.94. The molecule has 19 heavy (non-hydrogen) atoms. The number of rotatable bonds is 1. The van der Waals surface area contributed by atoms with Crippen molar-refractivity contribution in [1.82, 2.24) is 0 Å². The molecule has 1 heterocycles. The summed E-state index contributed by atoms with van der Waals surface area (Å²) in [5.41, 5.74) is 6.93. The topological polar surface area (TPSA) is 44.5 Å². The number of ether oxygens (including phenoxy) is 2. The Morgan fingerprint density at radius 1 is 1.37 bits per heavy atom. The molecule has 0 aromatic heterocycles. The summed E-state index contributed by atoms with van der Waals surface area (Å²) in [5.74, 6) is 0.350. The smallest absolute Gasteiger partial charge is 0.127 e. The van der Waals surface area contributed by atoms with Crippen LogP contribution < -0.4 is 10.5 Å². The first-order chi connectivity index (χ1) is 9.12. The molecule has 1 fully saturated rings. The van der Waals surface area contributed by atoms with E-state index < -0.39 is 0 Å². The minimum Gasteiger partial charge on any atom is -0.487 e. The van der Waals surface area contributed by atoms with Gasteiger partial charge in [0.05, 0.1) is 6.10 Å². The molecule has 1 atom stereocenters. The lowest BCUT2D eigenvalue weighted by Gasteiger charge is -2.45. The van der Waals surface area contributed by atoms with Gasteiger partial charge in [-0.1, -0.05) is 6.07 Å². The van der Waals surface area contributed by atoms with Crippen molar-refractivity contribution in [3.8, 4) is 5.75 Å². The predicted molar refractivity (Wildman–Crippen MR) is 70.6 cm³/mol. The quantitative estimate of drug-likeness (QED) is 0.849. The average Bonchev–Trinajstić information content (AvgIpc) is 2.39. The fraction of sp³-hybridized carbons (Fsp3) is 0.600. The minimum atomic E-state index is -0.270. The van der Waals surface area contributed by atoms with Gasteiger partial charge in [-0.3, -0.25) is 0 Å². The van der Waals surface area contributed by atoms with Crippen molar-refractivity contribution in [3.05, 3.63) is 29.6 Å². The maximum absolute atomic E-state index is 13.4. The van der Waals surface area contributed by atoms with Crippen LogP contribution in [0.4, 0.5) is 4.39 Å². The lowest BCUT2D eigenvalue weighted by Crippen LogP contribution is -2.46. The van der Waals surface area contributed by atoms with E-state index in [0.29, 0.717) is 11.9 Å². The Hall–Kier alpha value is -1.13. The highest BCUT2D eigenvalue weighted by Crippen LogP contribution is 2.45. The summed E-state index contributed by atoms with van der Waals surface area (Å²) >= 11 is 0. The Morgan fingerprint density at radius 3 is 2.79 bits per heavy atom. The van der Waals surface area contributed by atoms with Gasteiger partial charge in [-0.25, -0.2) is 4.39 Å². The molecule has 0 radical (unpaired) electrons. The average molecular weight is 265 g/mol. The molecule has 1 aromatic carbocycles. The van der Waals surface area contributed by atoms with E-state index in [1.165, 1.54) is 12.1 Å². The molecular formula is C15H20FNO2. The number of nitrogens with two attached hydrogens (primary N) is 1. The third kappa shape index (κ3) is 2.35. The second-order valence-corrected chi connectivity index (χ2v) is 5.71. The summed E-state index contributed by atoms with van der Waals surface area (Å²) in [6, 6.07) is 4.58. The third-order valence-electron chi connectivity index (χ3n) is 4.47. The lowest BCUT2D eigenvalue weighted by molar-refractivity contribution is -0.0429. The highest BCUT2D eigenvalue weighted by Gasteiger charge is 2.42. The van der Waals surface area contributed by atoms with Crippen molar-refractivity contribution in [2.45, 2.75) is 49.9 Å². The monoisotopic (exact) mass is 265 g/mol. The van der Waals surface area contributed by atoms with Gasteiger partial charge >= 0.3 is 0 Å². The van der Waals surface area contributed by atoms with Gasteiger partial charge in [0.15, 0.2) is 0 Å². The molecule has 2 N–H and O–H groups in total. The van der Waals surface area contributed by atoms with E-state index in [1.54, 1.807) is 13.2 Å². The van der Waals surface area contributed by atoms with Gasteiger partial charge < -0.3 is 15.2 Å². The normalized spacial score (nSPS) is 33.8. The first-order valence-corrected chi connectivity index (χ1v) is 6.89. The van der Waals surface area contributed by atoms with E-state index in [4.69, 9.17) is 15.2 Å². The molecule has 1 spiro atoms. The van der Waals surface area contributed by atoms with Crippen LogP contribution in [0.5, 0.6) is 5.75 Å². The van der Waals surface area contributed by atoms with Crippen LogP contribution >= 0.6 is 0 Å². The van der Waals surface area contributed by atoms with E-state index in [9.17, 15) is 4.39 Å². The van der Waals surface area contributed by atoms with Crippen LogP contribution in [0.15, 0.2) is 18.2 Å². The molecule has 2 aliphatic rings. The van der Waals surface area contributed by atoms with E-state index in [-0.39, 0.29) is 17.5 Å². The van der Waals surface area contributed by atoms with Crippen molar-refractivity contribution in [1.29, 1.82) is 0 Å². The van der Waals surface area contributed by atoms with Gasteiger partial charge in [0.25, 0.3) is 0 Å². The summed E-state index contributed by atoms with van der Waals surface area (Å²) in [7, 11) is 1.75. The number of methoxy groups -OCH3 is 1. The molecule has 0 unspecified atom stereocenters. The second kappa shape index (κ2) is 4.76. The van der Waals surface area contributed by atoms with Crippen LogP contribution in [0.25, 0.3) is 0 Å². The fourth-order valence-corrected chi connectivity index (χ4v) is 3.35. The SMILES string of the molecule is COC1CCC2(CC1)C[C@@H](N)c1ccc(F)cc1O2. The Morgan fingerprint density at radius 2 is 2.11 bits per heavy atom. The molecule has 0 saturated heterocycles. The highest BCUT2D eigenvalue weighted by molar-refractivity contribution is 5.39. The minimum absolute atomic E-state index is 0.0663. The van der Waals surface area contributed by atoms with Gasteiger partial charge in [0, 0.05) is 31.2 Å². The molecular weight excluding hydrogens is 245 g/mol. The molecule has 104 valence electrons. The van der Waals surface area contributed by atoms with Gasteiger partial charge in [0.2, 0.25) is 0 Å². The van der Waals surface area contributed by atoms with Gasteiger partial charge in [-0.05, 0) is 31.7 Å². The van der Waals surface area contributed by atoms with Crippen molar-refractivity contribution in [3.63, 3.8) is 0 Å². The molecule has 1 aliphatic carbocycles. The van der Waals surface area contributed by atoms with E-state index in [0.717, 1.165) is 37.7 Å². The molecule has 3 rings (SSSR count). The lowest BCUT2D eigenvalue weighted by atomic mass is 9.76. The number of fused-ring (bicyclic) bond motifs is 1. The van der Waals surface area contributed by atoms with Gasteiger partial charge in [-0.15, -0.1) is 0 Å². The zero-order valence-corrected chi connectivity index (χ0v) is 11.2. The molecule has 0 bridgehead atoms. The zero-order chi connectivity index (χ0) is 13.5. The van der Waals surface area contributed by atoms with E-state index in [1.807, 2.05) is 0 Å². The molecule has 1 aromatic rings. The van der Waals surface area contributed by atoms with E-state index >= 15 is 0 Å².